The van der Waals surface area contributed by atoms with E-state index >= 15 is 0 Å². The highest BCUT2D eigenvalue weighted by Gasteiger charge is 2.28. The summed E-state index contributed by atoms with van der Waals surface area (Å²) in [5.74, 6) is 1.69. The van der Waals surface area contributed by atoms with E-state index in [0.717, 1.165) is 24.8 Å². The van der Waals surface area contributed by atoms with Crippen molar-refractivity contribution in [3.8, 4) is 0 Å². The average Bonchev–Trinajstić information content (AvgIpc) is 2.64. The van der Waals surface area contributed by atoms with Gasteiger partial charge in [0.1, 0.15) is 0 Å². The van der Waals surface area contributed by atoms with Crippen molar-refractivity contribution in [1.29, 1.82) is 0 Å². The van der Waals surface area contributed by atoms with Crippen LogP contribution < -0.4 is 5.73 Å². The van der Waals surface area contributed by atoms with E-state index in [1.807, 2.05) is 0 Å². The van der Waals surface area contributed by atoms with Crippen LogP contribution in [0.25, 0.3) is 0 Å². The number of ether oxygens (including phenoxy) is 1. The summed E-state index contributed by atoms with van der Waals surface area (Å²) in [6, 6.07) is 0. The lowest BCUT2D eigenvalue weighted by atomic mass is 9.91. The monoisotopic (exact) mass is 226 g/mol. The molecular weight excluding hydrogens is 200 g/mol. The molecule has 2 saturated heterocycles. The molecule has 2 fully saturated rings. The standard InChI is InChI=1S/C13H26N2O/c1-10-5-11(2)8-15(7-10)9-13-4-3-12(6-14)16-13/h10-13H,3-9,14H2,1-2H3/t10?,11?,12-,13+/m1/s1. The lowest BCUT2D eigenvalue weighted by molar-refractivity contribution is 0.0131. The molecule has 0 radical (unpaired) electrons. The normalized spacial score (nSPS) is 41.4. The van der Waals surface area contributed by atoms with Gasteiger partial charge in [-0.25, -0.2) is 0 Å². The predicted octanol–water partition coefficient (Wildman–Crippen LogP) is 1.47. The highest BCUT2D eigenvalue weighted by molar-refractivity contribution is 4.81. The zero-order valence-corrected chi connectivity index (χ0v) is 10.7. The van der Waals surface area contributed by atoms with Crippen LogP contribution in [0.4, 0.5) is 0 Å². The van der Waals surface area contributed by atoms with Crippen LogP contribution in [-0.4, -0.2) is 43.3 Å². The Morgan fingerprint density at radius 1 is 1.12 bits per heavy atom. The molecule has 0 saturated carbocycles. The van der Waals surface area contributed by atoms with Gasteiger partial charge < -0.3 is 15.4 Å². The van der Waals surface area contributed by atoms with Gasteiger partial charge in [-0.1, -0.05) is 13.8 Å². The third-order valence-corrected chi connectivity index (χ3v) is 3.86. The predicted molar refractivity (Wildman–Crippen MR) is 66.3 cm³/mol. The molecule has 2 aliphatic heterocycles. The number of likely N-dealkylation sites (tertiary alicyclic amines) is 1. The van der Waals surface area contributed by atoms with Crippen LogP contribution in [0, 0.1) is 11.8 Å². The molecule has 2 rings (SSSR count). The lowest BCUT2D eigenvalue weighted by Gasteiger charge is -2.36. The summed E-state index contributed by atoms with van der Waals surface area (Å²) < 4.78 is 5.92. The fraction of sp³-hybridized carbons (Fsp3) is 1.00. The van der Waals surface area contributed by atoms with Gasteiger partial charge in [-0.05, 0) is 31.1 Å². The molecule has 0 aromatic rings. The molecule has 2 N–H and O–H groups in total. The Labute approximate surface area is 99.3 Å². The van der Waals surface area contributed by atoms with Gasteiger partial charge in [-0.2, -0.15) is 0 Å². The average molecular weight is 226 g/mol. The van der Waals surface area contributed by atoms with Gasteiger partial charge >= 0.3 is 0 Å². The Morgan fingerprint density at radius 3 is 2.31 bits per heavy atom. The number of hydrogen-bond acceptors (Lipinski definition) is 3. The smallest absolute Gasteiger partial charge is 0.0707 e. The summed E-state index contributed by atoms with van der Waals surface area (Å²) in [6.45, 7) is 9.02. The van der Waals surface area contributed by atoms with Gasteiger partial charge in [0, 0.05) is 26.2 Å². The Bertz CT molecular complexity index is 212. The number of rotatable bonds is 3. The summed E-state index contributed by atoms with van der Waals surface area (Å²) in [5, 5.41) is 0. The fourth-order valence-electron chi connectivity index (χ4n) is 3.32. The molecule has 0 spiro atoms. The van der Waals surface area contributed by atoms with E-state index in [1.165, 1.54) is 25.9 Å². The number of piperidine rings is 1. The SMILES string of the molecule is CC1CC(C)CN(C[C@@H]2CC[C@H](CN)O2)C1. The third kappa shape index (κ3) is 3.19. The zero-order valence-electron chi connectivity index (χ0n) is 10.7. The highest BCUT2D eigenvalue weighted by Crippen LogP contribution is 2.24. The van der Waals surface area contributed by atoms with Crippen LogP contribution >= 0.6 is 0 Å². The quantitative estimate of drug-likeness (QED) is 0.792. The lowest BCUT2D eigenvalue weighted by Crippen LogP contribution is -2.42. The van der Waals surface area contributed by atoms with Gasteiger partial charge in [0.25, 0.3) is 0 Å². The minimum atomic E-state index is 0.324. The molecule has 0 bridgehead atoms. The van der Waals surface area contributed by atoms with Crippen LogP contribution in [0.3, 0.4) is 0 Å². The molecular formula is C13H26N2O. The van der Waals surface area contributed by atoms with Crippen molar-refractivity contribution in [2.75, 3.05) is 26.2 Å². The Balaban J connectivity index is 1.77. The van der Waals surface area contributed by atoms with E-state index in [1.54, 1.807) is 0 Å². The largest absolute Gasteiger partial charge is 0.372 e. The van der Waals surface area contributed by atoms with Crippen molar-refractivity contribution in [1.82, 2.24) is 4.90 Å². The minimum absolute atomic E-state index is 0.324. The molecule has 2 aliphatic rings. The molecule has 3 heteroatoms. The van der Waals surface area contributed by atoms with Crippen molar-refractivity contribution >= 4 is 0 Å². The van der Waals surface area contributed by atoms with Gasteiger partial charge in [-0.15, -0.1) is 0 Å². The summed E-state index contributed by atoms with van der Waals surface area (Å²) in [7, 11) is 0. The highest BCUT2D eigenvalue weighted by atomic mass is 16.5. The van der Waals surface area contributed by atoms with Crippen LogP contribution in [0.2, 0.25) is 0 Å². The third-order valence-electron chi connectivity index (χ3n) is 3.86. The molecule has 16 heavy (non-hydrogen) atoms. The van der Waals surface area contributed by atoms with E-state index in [-0.39, 0.29) is 0 Å². The molecule has 94 valence electrons. The maximum Gasteiger partial charge on any atom is 0.0707 e. The topological polar surface area (TPSA) is 38.5 Å². The van der Waals surface area contributed by atoms with Crippen molar-refractivity contribution in [3.63, 3.8) is 0 Å². The van der Waals surface area contributed by atoms with Crippen LogP contribution in [0.1, 0.15) is 33.1 Å². The van der Waals surface area contributed by atoms with E-state index in [4.69, 9.17) is 10.5 Å². The van der Waals surface area contributed by atoms with Crippen molar-refractivity contribution < 1.29 is 4.74 Å². The molecule has 4 atom stereocenters. The fourth-order valence-corrected chi connectivity index (χ4v) is 3.32. The molecule has 0 amide bonds. The summed E-state index contributed by atoms with van der Waals surface area (Å²) >= 11 is 0. The Kier molecular flexibility index (Phi) is 4.22. The Hall–Kier alpha value is -0.120. The second-order valence-electron chi connectivity index (χ2n) is 5.86. The zero-order chi connectivity index (χ0) is 11.5. The van der Waals surface area contributed by atoms with E-state index < -0.39 is 0 Å². The number of nitrogens with two attached hydrogens (primary N) is 1. The maximum absolute atomic E-state index is 5.92. The first-order valence-corrected chi connectivity index (χ1v) is 6.75. The summed E-state index contributed by atoms with van der Waals surface area (Å²) in [4.78, 5) is 2.59. The van der Waals surface area contributed by atoms with Crippen LogP contribution in [0.15, 0.2) is 0 Å². The molecule has 0 aromatic heterocycles. The van der Waals surface area contributed by atoms with Crippen molar-refractivity contribution in [2.24, 2.45) is 17.6 Å². The number of hydrogen-bond donors (Lipinski definition) is 1. The molecule has 0 aromatic carbocycles. The minimum Gasteiger partial charge on any atom is -0.372 e. The second kappa shape index (κ2) is 5.48. The van der Waals surface area contributed by atoms with Crippen LogP contribution in [0.5, 0.6) is 0 Å². The molecule has 3 nitrogen and oxygen atoms in total. The van der Waals surface area contributed by atoms with Crippen molar-refractivity contribution in [3.05, 3.63) is 0 Å². The van der Waals surface area contributed by atoms with E-state index in [0.29, 0.717) is 18.8 Å². The van der Waals surface area contributed by atoms with Crippen molar-refractivity contribution in [2.45, 2.75) is 45.3 Å². The Morgan fingerprint density at radius 2 is 1.75 bits per heavy atom. The second-order valence-corrected chi connectivity index (χ2v) is 5.86. The van der Waals surface area contributed by atoms with Gasteiger partial charge in [-0.3, -0.25) is 0 Å². The van der Waals surface area contributed by atoms with E-state index in [9.17, 15) is 0 Å². The number of nitrogens with zero attached hydrogens (tertiary/aromatic N) is 1. The molecule has 2 unspecified atom stereocenters. The van der Waals surface area contributed by atoms with E-state index in [2.05, 4.69) is 18.7 Å². The first kappa shape index (κ1) is 12.3. The first-order chi connectivity index (χ1) is 7.67. The summed E-state index contributed by atoms with van der Waals surface area (Å²) in [6.07, 6.45) is 4.49. The van der Waals surface area contributed by atoms with Gasteiger partial charge in [0.2, 0.25) is 0 Å². The van der Waals surface area contributed by atoms with Gasteiger partial charge in [0.15, 0.2) is 0 Å². The summed E-state index contributed by atoms with van der Waals surface area (Å²) in [5.41, 5.74) is 5.63. The first-order valence-electron chi connectivity index (χ1n) is 6.75. The van der Waals surface area contributed by atoms with Crippen LogP contribution in [-0.2, 0) is 4.74 Å². The van der Waals surface area contributed by atoms with Gasteiger partial charge in [0.05, 0.1) is 12.2 Å². The molecule has 2 heterocycles. The molecule has 0 aliphatic carbocycles. The maximum atomic E-state index is 5.92.